The van der Waals surface area contributed by atoms with Gasteiger partial charge in [-0.25, -0.2) is 9.67 Å². The highest BCUT2D eigenvalue weighted by molar-refractivity contribution is 5.83. The Bertz CT molecular complexity index is 695. The lowest BCUT2D eigenvalue weighted by atomic mass is 9.91. The van der Waals surface area contributed by atoms with Crippen molar-refractivity contribution in [3.63, 3.8) is 0 Å². The molecule has 3 rings (SSSR count). The Morgan fingerprint density at radius 2 is 2.21 bits per heavy atom. The fraction of sp³-hybridized carbons (Fsp3) is 0.556. The van der Waals surface area contributed by atoms with E-state index in [9.17, 15) is 4.79 Å². The summed E-state index contributed by atoms with van der Waals surface area (Å²) in [7, 11) is 0. The Balaban J connectivity index is 1.68. The first-order chi connectivity index (χ1) is 11.5. The van der Waals surface area contributed by atoms with Gasteiger partial charge in [-0.3, -0.25) is 9.78 Å². The average molecular weight is 327 g/mol. The van der Waals surface area contributed by atoms with E-state index in [0.29, 0.717) is 5.92 Å². The molecule has 0 aliphatic carbocycles. The number of hydrogen-bond donors (Lipinski definition) is 0. The topological polar surface area (TPSA) is 63.9 Å². The van der Waals surface area contributed by atoms with E-state index in [1.165, 1.54) is 6.33 Å². The van der Waals surface area contributed by atoms with Gasteiger partial charge in [0.15, 0.2) is 0 Å². The molecule has 0 aromatic carbocycles. The highest BCUT2D eigenvalue weighted by atomic mass is 16.2. The van der Waals surface area contributed by atoms with Crippen molar-refractivity contribution in [3.8, 4) is 0 Å². The third kappa shape index (κ3) is 3.47. The first kappa shape index (κ1) is 16.6. The van der Waals surface area contributed by atoms with Gasteiger partial charge in [-0.05, 0) is 58.1 Å². The molecule has 1 amide bonds. The summed E-state index contributed by atoms with van der Waals surface area (Å²) in [5.74, 6) is 0.568. The second kappa shape index (κ2) is 6.71. The van der Waals surface area contributed by atoms with Crippen LogP contribution in [-0.2, 0) is 16.8 Å². The number of rotatable bonds is 4. The lowest BCUT2D eigenvalue weighted by Gasteiger charge is -2.37. The van der Waals surface area contributed by atoms with E-state index in [2.05, 4.69) is 27.2 Å². The molecule has 128 valence electrons. The second-order valence-electron chi connectivity index (χ2n) is 7.13. The highest BCUT2D eigenvalue weighted by Gasteiger charge is 2.36. The van der Waals surface area contributed by atoms with Crippen molar-refractivity contribution in [1.82, 2.24) is 24.6 Å². The van der Waals surface area contributed by atoms with Crippen molar-refractivity contribution in [2.75, 3.05) is 13.1 Å². The average Bonchev–Trinajstić information content (AvgIpc) is 3.10. The molecule has 24 heavy (non-hydrogen) atoms. The predicted molar refractivity (Wildman–Crippen MR) is 91.3 cm³/mol. The maximum absolute atomic E-state index is 13.0. The molecule has 2 aromatic heterocycles. The molecule has 1 atom stereocenters. The van der Waals surface area contributed by atoms with Crippen LogP contribution in [0.15, 0.2) is 30.9 Å². The van der Waals surface area contributed by atoms with Crippen LogP contribution in [0.4, 0.5) is 0 Å². The molecule has 0 saturated carbocycles. The van der Waals surface area contributed by atoms with Gasteiger partial charge in [-0.2, -0.15) is 5.10 Å². The summed E-state index contributed by atoms with van der Waals surface area (Å²) in [5, 5.41) is 4.15. The third-order valence-corrected chi connectivity index (χ3v) is 4.76. The van der Waals surface area contributed by atoms with Crippen LogP contribution in [0.2, 0.25) is 0 Å². The number of amides is 1. The highest BCUT2D eigenvalue weighted by Crippen LogP contribution is 2.25. The minimum absolute atomic E-state index is 0.106. The third-order valence-electron chi connectivity index (χ3n) is 4.76. The number of aromatic nitrogens is 4. The largest absolute Gasteiger partial charge is 0.340 e. The number of likely N-dealkylation sites (tertiary alicyclic amines) is 1. The van der Waals surface area contributed by atoms with E-state index in [0.717, 1.165) is 43.7 Å². The van der Waals surface area contributed by atoms with Gasteiger partial charge in [-0.15, -0.1) is 0 Å². The summed E-state index contributed by atoms with van der Waals surface area (Å²) in [6, 6.07) is 6.14. The summed E-state index contributed by atoms with van der Waals surface area (Å²) in [4.78, 5) is 23.5. The maximum Gasteiger partial charge on any atom is 0.250 e. The molecule has 3 heterocycles. The molecule has 0 spiro atoms. The Morgan fingerprint density at radius 3 is 2.92 bits per heavy atom. The van der Waals surface area contributed by atoms with Crippen LogP contribution in [0.25, 0.3) is 0 Å². The number of carbonyl (C=O) groups excluding carboxylic acids is 1. The zero-order chi connectivity index (χ0) is 17.2. The molecule has 1 saturated heterocycles. The van der Waals surface area contributed by atoms with Crippen LogP contribution in [0.5, 0.6) is 0 Å². The summed E-state index contributed by atoms with van der Waals surface area (Å²) >= 11 is 0. The van der Waals surface area contributed by atoms with Gasteiger partial charge in [0.2, 0.25) is 5.91 Å². The van der Waals surface area contributed by atoms with Crippen molar-refractivity contribution in [1.29, 1.82) is 0 Å². The SMILES string of the molecule is Cc1cccc(C[C@@H]2CCCN(C(=O)C(C)(C)n3cncn3)C2)n1. The van der Waals surface area contributed by atoms with Crippen LogP contribution >= 0.6 is 0 Å². The summed E-state index contributed by atoms with van der Waals surface area (Å²) in [6.07, 6.45) is 6.18. The van der Waals surface area contributed by atoms with E-state index < -0.39 is 5.54 Å². The van der Waals surface area contributed by atoms with Crippen molar-refractivity contribution in [3.05, 3.63) is 42.2 Å². The zero-order valence-electron chi connectivity index (χ0n) is 14.6. The molecule has 6 heteroatoms. The van der Waals surface area contributed by atoms with Gasteiger partial charge in [0.1, 0.15) is 18.2 Å². The van der Waals surface area contributed by atoms with Gasteiger partial charge in [0.05, 0.1) is 0 Å². The molecule has 1 fully saturated rings. The smallest absolute Gasteiger partial charge is 0.250 e. The Labute approximate surface area is 142 Å². The van der Waals surface area contributed by atoms with Crippen molar-refractivity contribution in [2.24, 2.45) is 5.92 Å². The van der Waals surface area contributed by atoms with Gasteiger partial charge < -0.3 is 4.90 Å². The first-order valence-electron chi connectivity index (χ1n) is 8.54. The van der Waals surface area contributed by atoms with Crippen molar-refractivity contribution < 1.29 is 4.79 Å². The second-order valence-corrected chi connectivity index (χ2v) is 7.13. The van der Waals surface area contributed by atoms with E-state index in [1.54, 1.807) is 11.0 Å². The molecular formula is C18H25N5O. The van der Waals surface area contributed by atoms with Crippen LogP contribution in [0.3, 0.4) is 0 Å². The number of aryl methyl sites for hydroxylation is 1. The molecule has 2 aromatic rings. The fourth-order valence-corrected chi connectivity index (χ4v) is 3.41. The van der Waals surface area contributed by atoms with Crippen molar-refractivity contribution in [2.45, 2.75) is 45.6 Å². The molecule has 1 aliphatic heterocycles. The van der Waals surface area contributed by atoms with E-state index in [4.69, 9.17) is 0 Å². The molecular weight excluding hydrogens is 302 g/mol. The molecule has 0 N–H and O–H groups in total. The van der Waals surface area contributed by atoms with E-state index in [-0.39, 0.29) is 5.91 Å². The minimum Gasteiger partial charge on any atom is -0.340 e. The van der Waals surface area contributed by atoms with Gasteiger partial charge >= 0.3 is 0 Å². The fourth-order valence-electron chi connectivity index (χ4n) is 3.41. The summed E-state index contributed by atoms with van der Waals surface area (Å²) < 4.78 is 1.64. The van der Waals surface area contributed by atoms with Crippen LogP contribution in [0.1, 0.15) is 38.1 Å². The van der Waals surface area contributed by atoms with Crippen LogP contribution < -0.4 is 0 Å². The number of hydrogen-bond acceptors (Lipinski definition) is 4. The number of pyridine rings is 1. The lowest BCUT2D eigenvalue weighted by molar-refractivity contribution is -0.141. The predicted octanol–water partition coefficient (Wildman–Crippen LogP) is 2.20. The molecule has 0 bridgehead atoms. The number of nitrogens with zero attached hydrogens (tertiary/aromatic N) is 5. The summed E-state index contributed by atoms with van der Waals surface area (Å²) in [5.41, 5.74) is 1.45. The Morgan fingerprint density at radius 1 is 1.38 bits per heavy atom. The van der Waals surface area contributed by atoms with Crippen LogP contribution in [-0.4, -0.2) is 43.6 Å². The molecule has 6 nitrogen and oxygen atoms in total. The van der Waals surface area contributed by atoms with Gasteiger partial charge in [0.25, 0.3) is 0 Å². The van der Waals surface area contributed by atoms with Crippen LogP contribution in [0, 0.1) is 12.8 Å². The quantitative estimate of drug-likeness (QED) is 0.863. The molecule has 0 unspecified atom stereocenters. The van der Waals surface area contributed by atoms with E-state index in [1.807, 2.05) is 31.7 Å². The Kier molecular flexibility index (Phi) is 4.64. The van der Waals surface area contributed by atoms with E-state index >= 15 is 0 Å². The summed E-state index contributed by atoms with van der Waals surface area (Å²) in [6.45, 7) is 7.41. The standard InChI is InChI=1S/C18H25N5O/c1-14-6-4-8-16(21-14)10-15-7-5-9-22(11-15)17(24)18(2,3)23-13-19-12-20-23/h4,6,8,12-13,15H,5,7,9-11H2,1-3H3/t15-/m0/s1. The maximum atomic E-state index is 13.0. The normalized spacial score (nSPS) is 18.6. The zero-order valence-corrected chi connectivity index (χ0v) is 14.6. The van der Waals surface area contributed by atoms with Gasteiger partial charge in [-0.1, -0.05) is 6.07 Å². The number of piperidine rings is 1. The minimum atomic E-state index is -0.708. The monoisotopic (exact) mass is 327 g/mol. The molecule has 1 aliphatic rings. The number of carbonyl (C=O) groups is 1. The molecule has 0 radical (unpaired) electrons. The lowest BCUT2D eigenvalue weighted by Crippen LogP contribution is -2.50. The first-order valence-corrected chi connectivity index (χ1v) is 8.54. The van der Waals surface area contributed by atoms with Crippen molar-refractivity contribution >= 4 is 5.91 Å². The van der Waals surface area contributed by atoms with Gasteiger partial charge in [0, 0.05) is 24.5 Å². The Hall–Kier alpha value is -2.24.